The van der Waals surface area contributed by atoms with Gasteiger partial charge in [0, 0.05) is 11.1 Å². The van der Waals surface area contributed by atoms with Crippen molar-refractivity contribution in [1.29, 1.82) is 0 Å². The predicted molar refractivity (Wildman–Crippen MR) is 103 cm³/mol. The van der Waals surface area contributed by atoms with Crippen LogP contribution in [0.1, 0.15) is 15.9 Å². The van der Waals surface area contributed by atoms with E-state index in [1.54, 1.807) is 6.21 Å². The Hall–Kier alpha value is -3.46. The van der Waals surface area contributed by atoms with Crippen LogP contribution in [0.5, 0.6) is 0 Å². The van der Waals surface area contributed by atoms with Gasteiger partial charge >= 0.3 is 0 Å². The number of amides is 1. The minimum atomic E-state index is -0.215. The zero-order valence-electron chi connectivity index (χ0n) is 13.5. The van der Waals surface area contributed by atoms with E-state index in [1.165, 1.54) is 0 Å². The molecule has 3 heteroatoms. The van der Waals surface area contributed by atoms with E-state index >= 15 is 0 Å². The average Bonchev–Trinajstić information content (AvgIpc) is 2.67. The van der Waals surface area contributed by atoms with Gasteiger partial charge < -0.3 is 0 Å². The van der Waals surface area contributed by atoms with Crippen LogP contribution < -0.4 is 5.43 Å². The highest BCUT2D eigenvalue weighted by Crippen LogP contribution is 2.19. The molecule has 0 spiro atoms. The summed E-state index contributed by atoms with van der Waals surface area (Å²) in [6.07, 6.45) is 1.69. The van der Waals surface area contributed by atoms with Gasteiger partial charge in [-0.15, -0.1) is 0 Å². The number of benzene rings is 4. The van der Waals surface area contributed by atoms with Gasteiger partial charge in [0.2, 0.25) is 0 Å². The molecular weight excluding hydrogens is 308 g/mol. The number of hydrazone groups is 1. The number of carbonyl (C=O) groups excluding carboxylic acids is 1. The molecule has 1 N–H and O–H groups in total. The van der Waals surface area contributed by atoms with Crippen molar-refractivity contribution >= 4 is 33.7 Å². The number of carbonyl (C=O) groups is 1. The number of hydrogen-bond acceptors (Lipinski definition) is 2. The van der Waals surface area contributed by atoms with Gasteiger partial charge in [-0.3, -0.25) is 4.79 Å². The van der Waals surface area contributed by atoms with Gasteiger partial charge in [-0.1, -0.05) is 78.9 Å². The second-order valence-corrected chi connectivity index (χ2v) is 5.79. The zero-order valence-corrected chi connectivity index (χ0v) is 13.5. The van der Waals surface area contributed by atoms with Crippen LogP contribution in [-0.4, -0.2) is 12.1 Å². The summed E-state index contributed by atoms with van der Waals surface area (Å²) < 4.78 is 0. The summed E-state index contributed by atoms with van der Waals surface area (Å²) in [4.78, 5) is 12.5. The Morgan fingerprint density at radius 1 is 0.720 bits per heavy atom. The smallest absolute Gasteiger partial charge is 0.267 e. The first kappa shape index (κ1) is 15.1. The number of rotatable bonds is 3. The lowest BCUT2D eigenvalue weighted by Gasteiger charge is -2.05. The molecule has 0 saturated carbocycles. The average molecular weight is 324 g/mol. The maximum absolute atomic E-state index is 12.5. The van der Waals surface area contributed by atoms with Crippen molar-refractivity contribution in [2.24, 2.45) is 5.10 Å². The lowest BCUT2D eigenvalue weighted by atomic mass is 10.0. The molecule has 0 radical (unpaired) electrons. The fraction of sp³-hybridized carbons (Fsp3) is 0. The van der Waals surface area contributed by atoms with E-state index in [1.807, 2.05) is 72.8 Å². The first-order valence-electron chi connectivity index (χ1n) is 8.12. The molecule has 1 amide bonds. The SMILES string of the molecule is O=C(N/N=C/c1cccc2ccccc12)c1cccc2ccccc12. The largest absolute Gasteiger partial charge is 0.271 e. The highest BCUT2D eigenvalue weighted by molar-refractivity contribution is 6.07. The monoisotopic (exact) mass is 324 g/mol. The molecule has 4 aromatic carbocycles. The molecule has 0 aliphatic heterocycles. The Morgan fingerprint density at radius 2 is 1.32 bits per heavy atom. The Kier molecular flexibility index (Phi) is 3.97. The number of nitrogens with zero attached hydrogens (tertiary/aromatic N) is 1. The Morgan fingerprint density at radius 3 is 2.12 bits per heavy atom. The molecule has 0 fully saturated rings. The third-order valence-electron chi connectivity index (χ3n) is 4.23. The molecule has 4 rings (SSSR count). The van der Waals surface area contributed by atoms with E-state index in [9.17, 15) is 4.79 Å². The minimum absolute atomic E-state index is 0.215. The van der Waals surface area contributed by atoms with Crippen LogP contribution in [0, 0.1) is 0 Å². The maximum Gasteiger partial charge on any atom is 0.271 e. The molecule has 0 unspecified atom stereocenters. The van der Waals surface area contributed by atoms with Gasteiger partial charge in [0.05, 0.1) is 6.21 Å². The zero-order chi connectivity index (χ0) is 17.1. The predicted octanol–water partition coefficient (Wildman–Crippen LogP) is 4.76. The van der Waals surface area contributed by atoms with Crippen LogP contribution in [-0.2, 0) is 0 Å². The van der Waals surface area contributed by atoms with Gasteiger partial charge in [-0.05, 0) is 27.6 Å². The van der Waals surface area contributed by atoms with E-state index in [0.717, 1.165) is 27.1 Å². The van der Waals surface area contributed by atoms with E-state index in [4.69, 9.17) is 0 Å². The Labute approximate surface area is 145 Å². The molecule has 120 valence electrons. The van der Waals surface area contributed by atoms with Crippen molar-refractivity contribution in [3.05, 3.63) is 96.1 Å². The van der Waals surface area contributed by atoms with Gasteiger partial charge in [0.1, 0.15) is 0 Å². The third-order valence-corrected chi connectivity index (χ3v) is 4.23. The summed E-state index contributed by atoms with van der Waals surface area (Å²) in [7, 11) is 0. The topological polar surface area (TPSA) is 41.5 Å². The summed E-state index contributed by atoms with van der Waals surface area (Å²) in [5, 5.41) is 8.35. The summed E-state index contributed by atoms with van der Waals surface area (Å²) in [5.74, 6) is -0.215. The van der Waals surface area contributed by atoms with Crippen LogP contribution in [0.2, 0.25) is 0 Å². The van der Waals surface area contributed by atoms with Crippen molar-refractivity contribution < 1.29 is 4.79 Å². The Bertz CT molecular complexity index is 1090. The van der Waals surface area contributed by atoms with Crippen LogP contribution in [0.3, 0.4) is 0 Å². The lowest BCUT2D eigenvalue weighted by Crippen LogP contribution is -2.17. The summed E-state index contributed by atoms with van der Waals surface area (Å²) in [6, 6.07) is 27.6. The normalized spacial score (nSPS) is 11.2. The minimum Gasteiger partial charge on any atom is -0.267 e. The quantitative estimate of drug-likeness (QED) is 0.428. The van der Waals surface area contributed by atoms with Crippen LogP contribution in [0.4, 0.5) is 0 Å². The molecule has 4 aromatic rings. The molecule has 0 atom stereocenters. The van der Waals surface area contributed by atoms with E-state index < -0.39 is 0 Å². The van der Waals surface area contributed by atoms with E-state index in [-0.39, 0.29) is 5.91 Å². The van der Waals surface area contributed by atoms with Gasteiger partial charge in [-0.25, -0.2) is 5.43 Å². The first-order chi connectivity index (χ1) is 12.3. The number of nitrogens with one attached hydrogen (secondary N) is 1. The number of hydrogen-bond donors (Lipinski definition) is 1. The number of fused-ring (bicyclic) bond motifs is 2. The molecule has 0 saturated heterocycles. The molecule has 0 aliphatic carbocycles. The second-order valence-electron chi connectivity index (χ2n) is 5.79. The van der Waals surface area contributed by atoms with Crippen molar-refractivity contribution in [3.63, 3.8) is 0 Å². The maximum atomic E-state index is 12.5. The lowest BCUT2D eigenvalue weighted by molar-refractivity contribution is 0.0957. The molecule has 0 bridgehead atoms. The van der Waals surface area contributed by atoms with Crippen molar-refractivity contribution in [3.8, 4) is 0 Å². The molecule has 25 heavy (non-hydrogen) atoms. The molecule has 0 aliphatic rings. The Balaban J connectivity index is 1.60. The van der Waals surface area contributed by atoms with Crippen LogP contribution in [0.25, 0.3) is 21.5 Å². The standard InChI is InChI=1S/C22H16N2O/c25-22(21-14-6-10-17-8-2-4-13-20(17)21)24-23-15-18-11-5-9-16-7-1-3-12-19(16)18/h1-15H,(H,24,25)/b23-15+. The van der Waals surface area contributed by atoms with Gasteiger partial charge in [-0.2, -0.15) is 5.10 Å². The van der Waals surface area contributed by atoms with Gasteiger partial charge in [0.25, 0.3) is 5.91 Å². The molecule has 3 nitrogen and oxygen atoms in total. The van der Waals surface area contributed by atoms with Crippen molar-refractivity contribution in [2.45, 2.75) is 0 Å². The van der Waals surface area contributed by atoms with Crippen molar-refractivity contribution in [2.75, 3.05) is 0 Å². The first-order valence-corrected chi connectivity index (χ1v) is 8.12. The second kappa shape index (κ2) is 6.57. The summed E-state index contributed by atoms with van der Waals surface area (Å²) in [5.41, 5.74) is 4.22. The van der Waals surface area contributed by atoms with Gasteiger partial charge in [0.15, 0.2) is 0 Å². The van der Waals surface area contributed by atoms with Crippen LogP contribution in [0.15, 0.2) is 90.0 Å². The fourth-order valence-electron chi connectivity index (χ4n) is 3.01. The summed E-state index contributed by atoms with van der Waals surface area (Å²) >= 11 is 0. The van der Waals surface area contributed by atoms with E-state index in [0.29, 0.717) is 5.56 Å². The van der Waals surface area contributed by atoms with E-state index in [2.05, 4.69) is 22.7 Å². The molecular formula is C22H16N2O. The fourth-order valence-corrected chi connectivity index (χ4v) is 3.01. The van der Waals surface area contributed by atoms with Crippen LogP contribution >= 0.6 is 0 Å². The highest BCUT2D eigenvalue weighted by Gasteiger charge is 2.08. The third kappa shape index (κ3) is 3.00. The summed E-state index contributed by atoms with van der Waals surface area (Å²) in [6.45, 7) is 0. The molecule has 0 heterocycles. The van der Waals surface area contributed by atoms with Crippen molar-refractivity contribution in [1.82, 2.24) is 5.43 Å². The highest BCUT2D eigenvalue weighted by atomic mass is 16.2. The molecule has 0 aromatic heterocycles.